The maximum absolute atomic E-state index is 12.0. The lowest BCUT2D eigenvalue weighted by Gasteiger charge is -2.03. The molecule has 1 fully saturated rings. The maximum Gasteiger partial charge on any atom is 0.344 e. The third-order valence-electron chi connectivity index (χ3n) is 3.08. The Balaban J connectivity index is 1.69. The minimum absolute atomic E-state index is 0.00976. The van der Waals surface area contributed by atoms with Crippen molar-refractivity contribution in [3.05, 3.63) is 45.3 Å². The molecule has 0 atom stereocenters. The fourth-order valence-electron chi connectivity index (χ4n) is 1.90. The second-order valence-corrected chi connectivity index (χ2v) is 6.01. The first-order valence-corrected chi connectivity index (χ1v) is 7.60. The highest BCUT2D eigenvalue weighted by Gasteiger charge is 2.28. The third kappa shape index (κ3) is 2.81. The van der Waals surface area contributed by atoms with Crippen LogP contribution >= 0.6 is 23.4 Å². The lowest BCUT2D eigenvalue weighted by atomic mass is 10.1. The number of carbonyl (C=O) groups excluding carboxylic acids is 1. The molecule has 1 N–H and O–H groups in total. The maximum atomic E-state index is 12.0. The zero-order chi connectivity index (χ0) is 14.1. The number of hydrogen-bond acceptors (Lipinski definition) is 4. The second-order valence-electron chi connectivity index (χ2n) is 4.63. The van der Waals surface area contributed by atoms with E-state index in [0.717, 1.165) is 12.8 Å². The highest BCUT2D eigenvalue weighted by Crippen LogP contribution is 2.36. The molecule has 1 aromatic heterocycles. The summed E-state index contributed by atoms with van der Waals surface area (Å²) in [5.74, 6) is 0.239. The summed E-state index contributed by atoms with van der Waals surface area (Å²) in [7, 11) is 0. The van der Waals surface area contributed by atoms with Crippen molar-refractivity contribution < 1.29 is 4.79 Å². The number of nitrogens with one attached hydrogen (secondary N) is 1. The van der Waals surface area contributed by atoms with Crippen LogP contribution in [0.3, 0.4) is 0 Å². The number of carbonyl (C=O) groups is 1. The summed E-state index contributed by atoms with van der Waals surface area (Å²) in [4.78, 5) is 23.6. The topological polar surface area (TPSA) is 67.8 Å². The van der Waals surface area contributed by atoms with Gasteiger partial charge in [0, 0.05) is 16.6 Å². The average Bonchev–Trinajstić information content (AvgIpc) is 3.21. The van der Waals surface area contributed by atoms with Gasteiger partial charge in [-0.15, -0.1) is 5.10 Å². The van der Waals surface area contributed by atoms with Crippen molar-refractivity contribution >= 4 is 29.1 Å². The van der Waals surface area contributed by atoms with Gasteiger partial charge >= 0.3 is 5.69 Å². The van der Waals surface area contributed by atoms with Crippen molar-refractivity contribution in [1.82, 2.24) is 14.8 Å². The summed E-state index contributed by atoms with van der Waals surface area (Å²) in [6, 6.07) is 7.02. The van der Waals surface area contributed by atoms with Crippen LogP contribution in [0.1, 0.15) is 29.2 Å². The van der Waals surface area contributed by atoms with Crippen molar-refractivity contribution in [2.45, 2.75) is 24.0 Å². The van der Waals surface area contributed by atoms with E-state index in [1.807, 2.05) is 0 Å². The number of nitrogens with zero attached hydrogens (tertiary/aromatic N) is 2. The fourth-order valence-corrected chi connectivity index (χ4v) is 2.93. The molecule has 0 aliphatic heterocycles. The van der Waals surface area contributed by atoms with E-state index in [2.05, 4.69) is 10.2 Å². The van der Waals surface area contributed by atoms with E-state index < -0.39 is 0 Å². The Labute approximate surface area is 124 Å². The van der Waals surface area contributed by atoms with Crippen LogP contribution in [0, 0.1) is 0 Å². The van der Waals surface area contributed by atoms with Crippen LogP contribution in [0.5, 0.6) is 0 Å². The molecule has 1 aliphatic rings. The number of benzene rings is 1. The van der Waals surface area contributed by atoms with Crippen LogP contribution in [0.2, 0.25) is 5.02 Å². The molecular weight excluding hydrogens is 298 g/mol. The van der Waals surface area contributed by atoms with Crippen molar-refractivity contribution in [3.63, 3.8) is 0 Å². The summed E-state index contributed by atoms with van der Waals surface area (Å²) in [6.07, 6.45) is 2.00. The molecule has 20 heavy (non-hydrogen) atoms. The quantitative estimate of drug-likeness (QED) is 0.681. The van der Waals surface area contributed by atoms with E-state index in [1.165, 1.54) is 11.8 Å². The lowest BCUT2D eigenvalue weighted by Crippen LogP contribution is -2.16. The largest absolute Gasteiger partial charge is 0.344 e. The first-order chi connectivity index (χ1) is 9.65. The molecular formula is C13H12ClN3O2S. The monoisotopic (exact) mass is 309 g/mol. The van der Waals surface area contributed by atoms with Gasteiger partial charge in [-0.05, 0) is 37.1 Å². The van der Waals surface area contributed by atoms with Crippen molar-refractivity contribution in [2.24, 2.45) is 0 Å². The molecule has 7 heteroatoms. The summed E-state index contributed by atoms with van der Waals surface area (Å²) < 4.78 is 1.64. The van der Waals surface area contributed by atoms with Crippen LogP contribution in [-0.4, -0.2) is 26.3 Å². The van der Waals surface area contributed by atoms with Crippen LogP contribution < -0.4 is 5.69 Å². The molecule has 104 valence electrons. The van der Waals surface area contributed by atoms with Gasteiger partial charge in [0.05, 0.1) is 5.75 Å². The van der Waals surface area contributed by atoms with Crippen LogP contribution in [0.25, 0.3) is 0 Å². The Bertz CT molecular complexity index is 688. The van der Waals surface area contributed by atoms with Crippen molar-refractivity contribution in [1.29, 1.82) is 0 Å². The number of aromatic nitrogens is 3. The Morgan fingerprint density at radius 3 is 2.75 bits per heavy atom. The number of hydrogen-bond donors (Lipinski definition) is 1. The minimum Gasteiger partial charge on any atom is -0.293 e. The lowest BCUT2D eigenvalue weighted by molar-refractivity contribution is 0.102. The normalized spacial score (nSPS) is 14.4. The molecule has 1 saturated carbocycles. The van der Waals surface area contributed by atoms with Crippen molar-refractivity contribution in [2.75, 3.05) is 5.75 Å². The van der Waals surface area contributed by atoms with Gasteiger partial charge in [-0.3, -0.25) is 9.36 Å². The van der Waals surface area contributed by atoms with Crippen LogP contribution in [-0.2, 0) is 0 Å². The first-order valence-electron chi connectivity index (χ1n) is 6.23. The number of ketones is 1. The highest BCUT2D eigenvalue weighted by molar-refractivity contribution is 7.99. The van der Waals surface area contributed by atoms with E-state index in [0.29, 0.717) is 15.7 Å². The highest BCUT2D eigenvalue weighted by atomic mass is 35.5. The second kappa shape index (κ2) is 5.46. The van der Waals surface area contributed by atoms with Gasteiger partial charge in [-0.2, -0.15) is 0 Å². The number of Topliss-reactive ketones (excluding diaryl/α,β-unsaturated/α-hetero) is 1. The Kier molecular flexibility index (Phi) is 3.67. The smallest absolute Gasteiger partial charge is 0.293 e. The van der Waals surface area contributed by atoms with E-state index in [9.17, 15) is 9.59 Å². The van der Waals surface area contributed by atoms with E-state index in [1.54, 1.807) is 28.8 Å². The molecule has 0 spiro atoms. The minimum atomic E-state index is -0.200. The van der Waals surface area contributed by atoms with Gasteiger partial charge in [0.15, 0.2) is 10.9 Å². The molecule has 0 bridgehead atoms. The molecule has 3 rings (SSSR count). The fraction of sp³-hybridized carbons (Fsp3) is 0.308. The molecule has 5 nitrogen and oxygen atoms in total. The van der Waals surface area contributed by atoms with Gasteiger partial charge in [-0.25, -0.2) is 9.89 Å². The van der Waals surface area contributed by atoms with E-state index in [4.69, 9.17) is 11.6 Å². The van der Waals surface area contributed by atoms with Gasteiger partial charge in [0.1, 0.15) is 0 Å². The molecule has 2 aromatic rings. The van der Waals surface area contributed by atoms with Gasteiger partial charge in [-0.1, -0.05) is 23.4 Å². The summed E-state index contributed by atoms with van der Waals surface area (Å²) >= 11 is 7.07. The van der Waals surface area contributed by atoms with E-state index in [-0.39, 0.29) is 23.3 Å². The Hall–Kier alpha value is -1.53. The Morgan fingerprint density at radius 2 is 2.10 bits per heavy atom. The number of aromatic amines is 1. The van der Waals surface area contributed by atoms with Gasteiger partial charge in [0.25, 0.3) is 0 Å². The SMILES string of the molecule is O=C(CSc1n[nH]c(=O)n1C1CC1)c1ccc(Cl)cc1. The molecule has 1 aromatic carbocycles. The zero-order valence-corrected chi connectivity index (χ0v) is 12.1. The van der Waals surface area contributed by atoms with Crippen LogP contribution in [0.4, 0.5) is 0 Å². The third-order valence-corrected chi connectivity index (χ3v) is 4.29. The molecule has 0 unspecified atom stereocenters. The summed E-state index contributed by atoms with van der Waals surface area (Å²) in [6.45, 7) is 0. The van der Waals surface area contributed by atoms with Gasteiger partial charge in [0.2, 0.25) is 0 Å². The molecule has 0 radical (unpaired) electrons. The van der Waals surface area contributed by atoms with Crippen LogP contribution in [0.15, 0.2) is 34.2 Å². The first kappa shape index (κ1) is 13.5. The summed E-state index contributed by atoms with van der Waals surface area (Å²) in [5.41, 5.74) is 0.409. The average molecular weight is 310 g/mol. The number of thioether (sulfide) groups is 1. The standard InChI is InChI=1S/C13H12ClN3O2S/c14-9-3-1-8(2-4-9)11(18)7-20-13-16-15-12(19)17(13)10-5-6-10/h1-4,10H,5-7H2,(H,15,19). The van der Waals surface area contributed by atoms with Gasteiger partial charge < -0.3 is 0 Å². The predicted molar refractivity (Wildman–Crippen MR) is 77.6 cm³/mol. The molecule has 0 saturated heterocycles. The number of H-pyrrole nitrogens is 1. The summed E-state index contributed by atoms with van der Waals surface area (Å²) in [5, 5.41) is 7.59. The predicted octanol–water partition coefficient (Wildman–Crippen LogP) is 2.53. The van der Waals surface area contributed by atoms with Crippen molar-refractivity contribution in [3.8, 4) is 0 Å². The number of rotatable bonds is 5. The molecule has 0 amide bonds. The zero-order valence-electron chi connectivity index (χ0n) is 10.5. The Morgan fingerprint density at radius 1 is 1.40 bits per heavy atom. The van der Waals surface area contributed by atoms with E-state index >= 15 is 0 Å². The number of halogens is 1. The molecule has 1 aliphatic carbocycles. The molecule has 1 heterocycles.